The summed E-state index contributed by atoms with van der Waals surface area (Å²) in [5, 5.41) is 15.2. The third kappa shape index (κ3) is 3.01. The molecule has 5 nitrogen and oxygen atoms in total. The highest BCUT2D eigenvalue weighted by molar-refractivity contribution is 6.06. The van der Waals surface area contributed by atoms with Crippen LogP contribution in [0.5, 0.6) is 0 Å². The minimum absolute atomic E-state index is 0.0576. The average Bonchev–Trinajstić information content (AvgIpc) is 3.18. The molecular formula is C14H25N3O2. The van der Waals surface area contributed by atoms with Gasteiger partial charge < -0.3 is 16.3 Å². The number of rotatable bonds is 4. The molecule has 0 saturated heterocycles. The first kappa shape index (κ1) is 14.2. The van der Waals surface area contributed by atoms with E-state index in [1.165, 1.54) is 12.8 Å². The molecule has 19 heavy (non-hydrogen) atoms. The molecule has 0 aromatic carbocycles. The summed E-state index contributed by atoms with van der Waals surface area (Å²) in [6.07, 6.45) is 7.86. The summed E-state index contributed by atoms with van der Waals surface area (Å²) in [6, 6.07) is 0. The van der Waals surface area contributed by atoms with Crippen LogP contribution in [-0.2, 0) is 4.79 Å². The minimum atomic E-state index is -0.795. The van der Waals surface area contributed by atoms with Crippen LogP contribution in [-0.4, -0.2) is 23.5 Å². The Hall–Kier alpha value is -1.26. The van der Waals surface area contributed by atoms with Crippen LogP contribution in [0.1, 0.15) is 58.3 Å². The number of carbonyl (C=O) groups is 1. The maximum Gasteiger partial charge on any atom is 0.233 e. The zero-order chi connectivity index (χ0) is 13.9. The van der Waals surface area contributed by atoms with Crippen molar-refractivity contribution in [2.45, 2.75) is 58.3 Å². The fourth-order valence-electron chi connectivity index (χ4n) is 2.88. The van der Waals surface area contributed by atoms with Crippen LogP contribution in [0.4, 0.5) is 0 Å². The van der Waals surface area contributed by atoms with E-state index < -0.39 is 5.41 Å². The summed E-state index contributed by atoms with van der Waals surface area (Å²) in [6.45, 7) is 2.88. The van der Waals surface area contributed by atoms with Gasteiger partial charge in [0.05, 0.1) is 0 Å². The van der Waals surface area contributed by atoms with Crippen molar-refractivity contribution < 1.29 is 10.0 Å². The van der Waals surface area contributed by atoms with E-state index in [0.717, 1.165) is 25.7 Å². The molecule has 0 unspecified atom stereocenters. The highest BCUT2D eigenvalue weighted by Crippen LogP contribution is 2.44. The summed E-state index contributed by atoms with van der Waals surface area (Å²) >= 11 is 0. The average molecular weight is 267 g/mol. The lowest BCUT2D eigenvalue weighted by molar-refractivity contribution is -0.128. The van der Waals surface area contributed by atoms with Gasteiger partial charge in [0.1, 0.15) is 5.41 Å². The summed E-state index contributed by atoms with van der Waals surface area (Å²) in [7, 11) is 0. The van der Waals surface area contributed by atoms with Crippen molar-refractivity contribution in [1.29, 1.82) is 0 Å². The van der Waals surface area contributed by atoms with Crippen LogP contribution in [0.2, 0.25) is 0 Å². The molecule has 1 amide bonds. The molecule has 2 aliphatic rings. The van der Waals surface area contributed by atoms with Gasteiger partial charge in [-0.15, -0.1) is 0 Å². The summed E-state index contributed by atoms with van der Waals surface area (Å²) in [5.41, 5.74) is 5.32. The van der Waals surface area contributed by atoms with Gasteiger partial charge in [-0.25, -0.2) is 0 Å². The molecule has 2 rings (SSSR count). The van der Waals surface area contributed by atoms with E-state index in [1.807, 2.05) is 0 Å². The van der Waals surface area contributed by atoms with E-state index in [4.69, 9.17) is 10.9 Å². The molecule has 0 spiro atoms. The summed E-state index contributed by atoms with van der Waals surface area (Å²) in [4.78, 5) is 12.6. The number of carbonyl (C=O) groups excluding carboxylic acids is 1. The number of amides is 1. The highest BCUT2D eigenvalue weighted by atomic mass is 16.4. The van der Waals surface area contributed by atoms with Gasteiger partial charge in [-0.1, -0.05) is 37.8 Å². The van der Waals surface area contributed by atoms with Crippen LogP contribution >= 0.6 is 0 Å². The Morgan fingerprint density at radius 3 is 2.26 bits per heavy atom. The van der Waals surface area contributed by atoms with E-state index >= 15 is 0 Å². The topological polar surface area (TPSA) is 87.7 Å². The van der Waals surface area contributed by atoms with Crippen LogP contribution in [0.25, 0.3) is 0 Å². The molecule has 0 aromatic rings. The molecule has 0 atom stereocenters. The van der Waals surface area contributed by atoms with Gasteiger partial charge in [-0.3, -0.25) is 4.79 Å². The van der Waals surface area contributed by atoms with E-state index in [-0.39, 0.29) is 17.2 Å². The van der Waals surface area contributed by atoms with E-state index in [9.17, 15) is 4.79 Å². The molecule has 108 valence electrons. The first-order valence-electron chi connectivity index (χ1n) is 7.29. The fourth-order valence-corrected chi connectivity index (χ4v) is 2.88. The largest absolute Gasteiger partial charge is 0.409 e. The molecule has 2 aliphatic carbocycles. The van der Waals surface area contributed by atoms with Crippen LogP contribution < -0.4 is 11.1 Å². The van der Waals surface area contributed by atoms with Gasteiger partial charge in [0.15, 0.2) is 5.84 Å². The third-order valence-electron chi connectivity index (χ3n) is 4.77. The normalized spacial score (nSPS) is 25.4. The first-order valence-corrected chi connectivity index (χ1v) is 7.29. The lowest BCUT2D eigenvalue weighted by Crippen LogP contribution is -2.50. The van der Waals surface area contributed by atoms with E-state index in [0.29, 0.717) is 19.4 Å². The number of nitrogens with two attached hydrogens (primary N) is 1. The van der Waals surface area contributed by atoms with Gasteiger partial charge in [0.25, 0.3) is 0 Å². The highest BCUT2D eigenvalue weighted by Gasteiger charge is 2.45. The molecule has 0 heterocycles. The van der Waals surface area contributed by atoms with Crippen molar-refractivity contribution in [2.75, 3.05) is 6.54 Å². The molecule has 4 N–H and O–H groups in total. The van der Waals surface area contributed by atoms with Gasteiger partial charge in [-0.2, -0.15) is 0 Å². The van der Waals surface area contributed by atoms with Gasteiger partial charge in [0.2, 0.25) is 5.91 Å². The van der Waals surface area contributed by atoms with Crippen molar-refractivity contribution in [1.82, 2.24) is 5.32 Å². The van der Waals surface area contributed by atoms with Crippen molar-refractivity contribution in [3.8, 4) is 0 Å². The van der Waals surface area contributed by atoms with Crippen LogP contribution in [0.3, 0.4) is 0 Å². The molecule has 5 heteroatoms. The quantitative estimate of drug-likeness (QED) is 0.239. The van der Waals surface area contributed by atoms with Crippen LogP contribution in [0.15, 0.2) is 5.16 Å². The second kappa shape index (κ2) is 5.39. The Balaban J connectivity index is 2.09. The Morgan fingerprint density at radius 1 is 1.21 bits per heavy atom. The maximum absolute atomic E-state index is 12.6. The lowest BCUT2D eigenvalue weighted by Gasteiger charge is -2.30. The zero-order valence-electron chi connectivity index (χ0n) is 11.7. The molecule has 0 radical (unpaired) electrons. The Labute approximate surface area is 114 Å². The standard InChI is InChI=1S/C14H25N3O2/c1-13(8-9-13)10-16-12(18)14(11(15)17-19)6-4-2-3-5-7-14/h19H,2-10H2,1H3,(H2,15,17)(H,16,18). The van der Waals surface area contributed by atoms with Gasteiger partial charge >= 0.3 is 0 Å². The second-order valence-corrected chi connectivity index (χ2v) is 6.47. The SMILES string of the molecule is CC1(CNC(=O)C2(C(N)=NO)CCCCCC2)CC1. The molecule has 2 saturated carbocycles. The number of hydrogen-bond acceptors (Lipinski definition) is 3. The number of nitrogens with one attached hydrogen (secondary N) is 1. The number of hydrogen-bond donors (Lipinski definition) is 3. The fraction of sp³-hybridized carbons (Fsp3) is 0.857. The zero-order valence-corrected chi connectivity index (χ0v) is 11.7. The monoisotopic (exact) mass is 267 g/mol. The number of nitrogens with zero attached hydrogens (tertiary/aromatic N) is 1. The van der Waals surface area contributed by atoms with Crippen molar-refractivity contribution >= 4 is 11.7 Å². The van der Waals surface area contributed by atoms with Crippen molar-refractivity contribution in [3.63, 3.8) is 0 Å². The summed E-state index contributed by atoms with van der Waals surface area (Å²) < 4.78 is 0. The molecule has 0 bridgehead atoms. The second-order valence-electron chi connectivity index (χ2n) is 6.47. The predicted molar refractivity (Wildman–Crippen MR) is 73.9 cm³/mol. The maximum atomic E-state index is 12.6. The minimum Gasteiger partial charge on any atom is -0.409 e. The Morgan fingerprint density at radius 2 is 1.79 bits per heavy atom. The van der Waals surface area contributed by atoms with Crippen molar-refractivity contribution in [2.24, 2.45) is 21.7 Å². The number of oxime groups is 1. The van der Waals surface area contributed by atoms with E-state index in [1.54, 1.807) is 0 Å². The predicted octanol–water partition coefficient (Wildman–Crippen LogP) is 1.99. The van der Waals surface area contributed by atoms with Crippen LogP contribution in [0, 0.1) is 10.8 Å². The smallest absolute Gasteiger partial charge is 0.233 e. The first-order chi connectivity index (χ1) is 9.02. The van der Waals surface area contributed by atoms with E-state index in [2.05, 4.69) is 17.4 Å². The van der Waals surface area contributed by atoms with Crippen molar-refractivity contribution in [3.05, 3.63) is 0 Å². The third-order valence-corrected chi connectivity index (χ3v) is 4.77. The Kier molecular flexibility index (Phi) is 4.02. The van der Waals surface area contributed by atoms with Gasteiger partial charge in [-0.05, 0) is 31.1 Å². The molecule has 0 aromatic heterocycles. The summed E-state index contributed by atoms with van der Waals surface area (Å²) in [5.74, 6) is 0.0191. The molecule has 0 aliphatic heterocycles. The van der Waals surface area contributed by atoms with Gasteiger partial charge in [0, 0.05) is 6.54 Å². The molecule has 2 fully saturated rings. The lowest BCUT2D eigenvalue weighted by atomic mass is 9.78. The Bertz CT molecular complexity index is 367. The number of amidine groups is 1. The molecular weight excluding hydrogens is 242 g/mol.